The summed E-state index contributed by atoms with van der Waals surface area (Å²) in [6, 6.07) is 4.21. The van der Waals surface area contributed by atoms with Crippen LogP contribution < -0.4 is 5.32 Å². The highest BCUT2D eigenvalue weighted by Crippen LogP contribution is 2.26. The quantitative estimate of drug-likeness (QED) is 0.774. The molecule has 0 aliphatic carbocycles. The third-order valence-corrected chi connectivity index (χ3v) is 2.97. The van der Waals surface area contributed by atoms with Crippen LogP contribution in [0.4, 0.5) is 0 Å². The number of rotatable bonds is 6. The number of likely N-dealkylation sites (N-methyl/N-ethyl adjacent to an activating group) is 1. The Bertz CT molecular complexity index is 258. The minimum absolute atomic E-state index is 0.587. The lowest BCUT2D eigenvalue weighted by atomic mass is 9.85. The molecule has 0 saturated heterocycles. The summed E-state index contributed by atoms with van der Waals surface area (Å²) in [5.74, 6) is 1.30. The van der Waals surface area contributed by atoms with Crippen molar-refractivity contribution in [2.75, 3.05) is 13.6 Å². The van der Waals surface area contributed by atoms with Gasteiger partial charge in [-0.2, -0.15) is 0 Å². The van der Waals surface area contributed by atoms with E-state index >= 15 is 0 Å². The number of hydrogen-bond acceptors (Lipinski definition) is 2. The lowest BCUT2D eigenvalue weighted by Gasteiger charge is -2.23. The Kier molecular flexibility index (Phi) is 5.33. The van der Waals surface area contributed by atoms with Gasteiger partial charge in [-0.25, -0.2) is 0 Å². The van der Waals surface area contributed by atoms with Gasteiger partial charge in [-0.05, 0) is 24.6 Å². The first-order valence-corrected chi connectivity index (χ1v) is 5.84. The molecule has 0 radical (unpaired) electrons. The molecule has 84 valence electrons. The molecule has 2 heteroatoms. The highest BCUT2D eigenvalue weighted by Gasteiger charge is 2.17. The third kappa shape index (κ3) is 3.63. The molecule has 0 saturated carbocycles. The zero-order valence-corrected chi connectivity index (χ0v) is 10.0. The second-order valence-electron chi connectivity index (χ2n) is 4.22. The fourth-order valence-electron chi connectivity index (χ4n) is 2.12. The maximum Gasteiger partial charge on any atom is 0.0303 e. The summed E-state index contributed by atoms with van der Waals surface area (Å²) in [7, 11) is 2.02. The third-order valence-electron chi connectivity index (χ3n) is 2.97. The Morgan fingerprint density at radius 2 is 2.27 bits per heavy atom. The fourth-order valence-corrected chi connectivity index (χ4v) is 2.12. The number of pyridine rings is 1. The second kappa shape index (κ2) is 6.57. The van der Waals surface area contributed by atoms with Crippen LogP contribution in [0.3, 0.4) is 0 Å². The van der Waals surface area contributed by atoms with Crippen LogP contribution in [-0.2, 0) is 0 Å². The van der Waals surface area contributed by atoms with Gasteiger partial charge in [0.2, 0.25) is 0 Å². The predicted octanol–water partition coefficient (Wildman–Crippen LogP) is 2.82. The first-order chi connectivity index (χ1) is 7.29. The first-order valence-electron chi connectivity index (χ1n) is 5.84. The fraction of sp³-hybridized carbons (Fsp3) is 0.615. The average molecular weight is 206 g/mol. The lowest BCUT2D eigenvalue weighted by Crippen LogP contribution is -2.22. The van der Waals surface area contributed by atoms with Crippen molar-refractivity contribution in [1.82, 2.24) is 10.3 Å². The van der Waals surface area contributed by atoms with Crippen molar-refractivity contribution in [2.24, 2.45) is 5.92 Å². The Balaban J connectivity index is 2.73. The molecule has 2 atom stereocenters. The average Bonchev–Trinajstić information content (AvgIpc) is 2.27. The molecule has 0 fully saturated rings. The van der Waals surface area contributed by atoms with E-state index in [1.54, 1.807) is 0 Å². The molecule has 1 N–H and O–H groups in total. The van der Waals surface area contributed by atoms with E-state index in [9.17, 15) is 0 Å². The molecule has 15 heavy (non-hydrogen) atoms. The van der Waals surface area contributed by atoms with Crippen LogP contribution >= 0.6 is 0 Å². The summed E-state index contributed by atoms with van der Waals surface area (Å²) in [5, 5.41) is 3.28. The van der Waals surface area contributed by atoms with Crippen LogP contribution in [-0.4, -0.2) is 18.6 Å². The van der Waals surface area contributed by atoms with Crippen molar-refractivity contribution in [3.63, 3.8) is 0 Å². The van der Waals surface area contributed by atoms with Crippen molar-refractivity contribution in [3.8, 4) is 0 Å². The topological polar surface area (TPSA) is 24.9 Å². The minimum Gasteiger partial charge on any atom is -0.319 e. The van der Waals surface area contributed by atoms with Crippen LogP contribution in [0, 0.1) is 5.92 Å². The molecule has 1 aromatic heterocycles. The molecule has 1 rings (SSSR count). The first kappa shape index (κ1) is 12.2. The normalized spacial score (nSPS) is 14.9. The predicted molar refractivity (Wildman–Crippen MR) is 65.0 cm³/mol. The maximum absolute atomic E-state index is 4.20. The van der Waals surface area contributed by atoms with Gasteiger partial charge in [0.1, 0.15) is 0 Å². The summed E-state index contributed by atoms with van der Waals surface area (Å²) in [6.45, 7) is 5.61. The van der Waals surface area contributed by atoms with Gasteiger partial charge in [-0.15, -0.1) is 0 Å². The van der Waals surface area contributed by atoms with Crippen molar-refractivity contribution < 1.29 is 0 Å². The second-order valence-corrected chi connectivity index (χ2v) is 4.22. The zero-order valence-electron chi connectivity index (χ0n) is 10.0. The van der Waals surface area contributed by atoms with E-state index in [0.29, 0.717) is 11.8 Å². The Morgan fingerprint density at radius 3 is 2.80 bits per heavy atom. The van der Waals surface area contributed by atoms with Crippen molar-refractivity contribution in [2.45, 2.75) is 32.6 Å². The van der Waals surface area contributed by atoms with Gasteiger partial charge in [0.25, 0.3) is 0 Å². The number of aromatic nitrogens is 1. The van der Waals surface area contributed by atoms with E-state index in [0.717, 1.165) is 6.54 Å². The monoisotopic (exact) mass is 206 g/mol. The Labute approximate surface area is 93.1 Å². The molecule has 0 aliphatic rings. The molecular formula is C13H22N2. The van der Waals surface area contributed by atoms with Crippen molar-refractivity contribution >= 4 is 0 Å². The molecule has 2 nitrogen and oxygen atoms in total. The van der Waals surface area contributed by atoms with Gasteiger partial charge in [0, 0.05) is 24.9 Å². The van der Waals surface area contributed by atoms with Gasteiger partial charge in [-0.3, -0.25) is 4.98 Å². The number of nitrogens with zero attached hydrogens (tertiary/aromatic N) is 1. The molecule has 0 aliphatic heterocycles. The molecule has 0 amide bonds. The van der Waals surface area contributed by atoms with E-state index in [1.807, 2.05) is 25.5 Å². The molecular weight excluding hydrogens is 184 g/mol. The number of hydrogen-bond donors (Lipinski definition) is 1. The lowest BCUT2D eigenvalue weighted by molar-refractivity contribution is 0.412. The van der Waals surface area contributed by atoms with Crippen LogP contribution in [0.5, 0.6) is 0 Å². The van der Waals surface area contributed by atoms with Crippen LogP contribution in [0.25, 0.3) is 0 Å². The minimum atomic E-state index is 0.587. The SMILES string of the molecule is CCCC(C)C(CNC)c1cccnc1. The van der Waals surface area contributed by atoms with E-state index < -0.39 is 0 Å². The van der Waals surface area contributed by atoms with Gasteiger partial charge in [0.15, 0.2) is 0 Å². The van der Waals surface area contributed by atoms with Crippen LogP contribution in [0.2, 0.25) is 0 Å². The van der Waals surface area contributed by atoms with Gasteiger partial charge in [0.05, 0.1) is 0 Å². The largest absolute Gasteiger partial charge is 0.319 e. The van der Waals surface area contributed by atoms with E-state index in [-0.39, 0.29) is 0 Å². The summed E-state index contributed by atoms with van der Waals surface area (Å²) in [5.41, 5.74) is 1.35. The number of nitrogens with one attached hydrogen (secondary N) is 1. The summed E-state index contributed by atoms with van der Waals surface area (Å²) in [6.07, 6.45) is 6.36. The van der Waals surface area contributed by atoms with Crippen LogP contribution in [0.1, 0.15) is 38.2 Å². The highest BCUT2D eigenvalue weighted by atomic mass is 14.8. The molecule has 0 bridgehead atoms. The van der Waals surface area contributed by atoms with E-state index in [2.05, 4.69) is 30.2 Å². The molecule has 1 heterocycles. The van der Waals surface area contributed by atoms with Crippen molar-refractivity contribution in [3.05, 3.63) is 30.1 Å². The highest BCUT2D eigenvalue weighted by molar-refractivity contribution is 5.16. The molecule has 2 unspecified atom stereocenters. The molecule has 0 spiro atoms. The van der Waals surface area contributed by atoms with Gasteiger partial charge >= 0.3 is 0 Å². The maximum atomic E-state index is 4.20. The van der Waals surface area contributed by atoms with E-state index in [1.165, 1.54) is 18.4 Å². The van der Waals surface area contributed by atoms with Gasteiger partial charge < -0.3 is 5.32 Å². The zero-order chi connectivity index (χ0) is 11.1. The summed E-state index contributed by atoms with van der Waals surface area (Å²) in [4.78, 5) is 4.20. The molecule has 0 aromatic carbocycles. The standard InChI is InChI=1S/C13H22N2/c1-4-6-11(2)13(10-14-3)12-7-5-8-15-9-12/h5,7-9,11,13-14H,4,6,10H2,1-3H3. The van der Waals surface area contributed by atoms with Gasteiger partial charge in [-0.1, -0.05) is 32.8 Å². The van der Waals surface area contributed by atoms with Crippen LogP contribution in [0.15, 0.2) is 24.5 Å². The van der Waals surface area contributed by atoms with Crippen molar-refractivity contribution in [1.29, 1.82) is 0 Å². The van der Waals surface area contributed by atoms with E-state index in [4.69, 9.17) is 0 Å². The summed E-state index contributed by atoms with van der Waals surface area (Å²) < 4.78 is 0. The Morgan fingerprint density at radius 1 is 1.47 bits per heavy atom. The Hall–Kier alpha value is -0.890. The summed E-state index contributed by atoms with van der Waals surface area (Å²) >= 11 is 0. The smallest absolute Gasteiger partial charge is 0.0303 e. The molecule has 1 aromatic rings.